The average molecular weight is 376 g/mol. The molecule has 1 heterocycles. The Balaban J connectivity index is 2.71. The lowest BCUT2D eigenvalue weighted by molar-refractivity contribution is 0.475. The first kappa shape index (κ1) is 13.4. The van der Waals surface area contributed by atoms with Crippen molar-refractivity contribution in [1.82, 2.24) is 4.57 Å². The van der Waals surface area contributed by atoms with Gasteiger partial charge in [0, 0.05) is 12.1 Å². The average Bonchev–Trinajstić information content (AvgIpc) is 2.33. The van der Waals surface area contributed by atoms with Crippen molar-refractivity contribution in [2.24, 2.45) is 0 Å². The smallest absolute Gasteiger partial charge is 0.264 e. The molecule has 0 saturated heterocycles. The number of halogens is 2. The highest BCUT2D eigenvalue weighted by Crippen LogP contribution is 2.30. The van der Waals surface area contributed by atoms with Crippen molar-refractivity contribution in [1.29, 1.82) is 0 Å². The molecule has 94 valence electrons. The summed E-state index contributed by atoms with van der Waals surface area (Å²) in [5.74, 6) is 0.111. The fraction of sp³-hybridized carbons (Fsp3) is 0.154. The summed E-state index contributed by atoms with van der Waals surface area (Å²) in [7, 11) is 0. The minimum Gasteiger partial charge on any atom is -0.508 e. The van der Waals surface area contributed by atoms with Gasteiger partial charge < -0.3 is 9.67 Å². The zero-order valence-electron chi connectivity index (χ0n) is 9.65. The van der Waals surface area contributed by atoms with Crippen molar-refractivity contribution in [3.63, 3.8) is 0 Å². The van der Waals surface area contributed by atoms with Gasteiger partial charge in [0.2, 0.25) is 0 Å². The Morgan fingerprint density at radius 3 is 2.67 bits per heavy atom. The lowest BCUT2D eigenvalue weighted by Crippen LogP contribution is -2.22. The molecule has 0 aliphatic carbocycles. The van der Waals surface area contributed by atoms with Crippen LogP contribution in [0.4, 0.5) is 0 Å². The maximum Gasteiger partial charge on any atom is 0.264 e. The first-order valence-corrected chi connectivity index (χ1v) is 6.88. The topological polar surface area (TPSA) is 42.2 Å². The summed E-state index contributed by atoms with van der Waals surface area (Å²) in [5, 5.41) is 9.78. The Bertz CT molecular complexity index is 652. The predicted octanol–water partition coefficient (Wildman–Crippen LogP) is 3.50. The molecule has 0 radical (unpaired) electrons. The number of phenolic OH excluding ortho intramolecular Hbond substituents is 1. The number of phenols is 1. The van der Waals surface area contributed by atoms with E-state index in [1.807, 2.05) is 35.6 Å². The van der Waals surface area contributed by atoms with Gasteiger partial charge in [-0.2, -0.15) is 0 Å². The number of nitrogens with zero attached hydrogens (tertiary/aromatic N) is 1. The molecule has 0 aliphatic heterocycles. The molecule has 1 N–H and O–H groups in total. The summed E-state index contributed by atoms with van der Waals surface area (Å²) in [6.45, 7) is 2.48. The van der Waals surface area contributed by atoms with Crippen LogP contribution in [-0.2, 0) is 6.54 Å². The monoisotopic (exact) mass is 375 g/mol. The number of pyridine rings is 1. The van der Waals surface area contributed by atoms with E-state index >= 15 is 0 Å². The van der Waals surface area contributed by atoms with Crippen LogP contribution in [0.1, 0.15) is 6.92 Å². The van der Waals surface area contributed by atoms with Gasteiger partial charge in [-0.25, -0.2) is 0 Å². The second-order valence-electron chi connectivity index (χ2n) is 3.78. The molecule has 0 saturated carbocycles. The van der Waals surface area contributed by atoms with E-state index < -0.39 is 0 Å². The molecule has 2 rings (SSSR count). The third kappa shape index (κ3) is 2.40. The first-order chi connectivity index (χ1) is 8.54. The Labute approximate surface area is 123 Å². The highest BCUT2D eigenvalue weighted by atomic mass is 127. The van der Waals surface area contributed by atoms with Crippen LogP contribution < -0.4 is 5.56 Å². The van der Waals surface area contributed by atoms with Gasteiger partial charge in [-0.05, 0) is 59.8 Å². The summed E-state index contributed by atoms with van der Waals surface area (Å²) < 4.78 is 2.34. The van der Waals surface area contributed by atoms with E-state index in [1.54, 1.807) is 22.8 Å². The number of benzene rings is 1. The van der Waals surface area contributed by atoms with Gasteiger partial charge in [0.25, 0.3) is 5.56 Å². The molecular weight excluding hydrogens is 365 g/mol. The fourth-order valence-electron chi connectivity index (χ4n) is 1.81. The largest absolute Gasteiger partial charge is 0.508 e. The molecule has 0 fully saturated rings. The van der Waals surface area contributed by atoms with Crippen molar-refractivity contribution >= 4 is 34.2 Å². The zero-order valence-corrected chi connectivity index (χ0v) is 12.6. The van der Waals surface area contributed by atoms with Crippen LogP contribution in [0.25, 0.3) is 11.3 Å². The van der Waals surface area contributed by atoms with Crippen LogP contribution in [0.3, 0.4) is 0 Å². The molecule has 1 aromatic carbocycles. The van der Waals surface area contributed by atoms with E-state index in [9.17, 15) is 9.90 Å². The van der Waals surface area contributed by atoms with Gasteiger partial charge >= 0.3 is 0 Å². The number of hydrogen-bond acceptors (Lipinski definition) is 2. The lowest BCUT2D eigenvalue weighted by Gasteiger charge is -2.13. The molecule has 5 heteroatoms. The van der Waals surface area contributed by atoms with E-state index in [1.165, 1.54) is 6.07 Å². The Morgan fingerprint density at radius 1 is 1.33 bits per heavy atom. The van der Waals surface area contributed by atoms with Gasteiger partial charge in [-0.15, -0.1) is 0 Å². The van der Waals surface area contributed by atoms with Gasteiger partial charge in [0.15, 0.2) is 0 Å². The third-order valence-electron chi connectivity index (χ3n) is 2.67. The van der Waals surface area contributed by atoms with Crippen LogP contribution in [0.15, 0.2) is 35.1 Å². The molecule has 0 amide bonds. The minimum atomic E-state index is -0.0280. The van der Waals surface area contributed by atoms with Crippen molar-refractivity contribution in [3.05, 3.63) is 49.3 Å². The van der Waals surface area contributed by atoms with Gasteiger partial charge in [-0.1, -0.05) is 11.6 Å². The number of rotatable bonds is 2. The van der Waals surface area contributed by atoms with Crippen molar-refractivity contribution in [3.8, 4) is 17.0 Å². The molecule has 1 aromatic heterocycles. The molecular formula is C13H11ClINO2. The van der Waals surface area contributed by atoms with Crippen molar-refractivity contribution in [2.45, 2.75) is 13.5 Å². The summed E-state index contributed by atoms with van der Waals surface area (Å²) >= 11 is 8.12. The van der Waals surface area contributed by atoms with E-state index in [2.05, 4.69) is 0 Å². The normalized spacial score (nSPS) is 10.6. The summed E-state index contributed by atoms with van der Waals surface area (Å²) in [4.78, 5) is 12.0. The molecule has 0 spiro atoms. The molecule has 0 atom stereocenters. The number of aromatic nitrogens is 1. The minimum absolute atomic E-state index is 0.0280. The molecule has 18 heavy (non-hydrogen) atoms. The number of hydrogen-bond donors (Lipinski definition) is 1. The maximum atomic E-state index is 12.0. The van der Waals surface area contributed by atoms with E-state index in [4.69, 9.17) is 11.6 Å². The summed E-state index contributed by atoms with van der Waals surface area (Å²) in [6.07, 6.45) is 0. The van der Waals surface area contributed by atoms with Crippen molar-refractivity contribution in [2.75, 3.05) is 0 Å². The maximum absolute atomic E-state index is 12.0. The Morgan fingerprint density at radius 2 is 2.06 bits per heavy atom. The quantitative estimate of drug-likeness (QED) is 0.817. The molecule has 0 bridgehead atoms. The highest BCUT2D eigenvalue weighted by molar-refractivity contribution is 14.1. The standard InChI is InChI=1S/C13H11ClINO2/c1-2-16-12(6-5-11(15)13(16)18)9-4-3-8(17)7-10(9)14/h3-7,17H,2H2,1H3. The Hall–Kier alpha value is -1.01. The third-order valence-corrected chi connectivity index (χ3v) is 3.81. The van der Waals surface area contributed by atoms with Crippen LogP contribution in [0, 0.1) is 3.57 Å². The second kappa shape index (κ2) is 5.32. The van der Waals surface area contributed by atoms with Gasteiger partial charge in [-0.3, -0.25) is 4.79 Å². The van der Waals surface area contributed by atoms with Crippen LogP contribution in [0.2, 0.25) is 5.02 Å². The predicted molar refractivity (Wildman–Crippen MR) is 81.2 cm³/mol. The van der Waals surface area contributed by atoms with E-state index in [0.29, 0.717) is 15.1 Å². The first-order valence-electron chi connectivity index (χ1n) is 5.42. The van der Waals surface area contributed by atoms with Gasteiger partial charge in [0.05, 0.1) is 14.3 Å². The van der Waals surface area contributed by atoms with Crippen LogP contribution >= 0.6 is 34.2 Å². The molecule has 3 nitrogen and oxygen atoms in total. The second-order valence-corrected chi connectivity index (χ2v) is 5.35. The van der Waals surface area contributed by atoms with Gasteiger partial charge in [0.1, 0.15) is 5.75 Å². The highest BCUT2D eigenvalue weighted by Gasteiger charge is 2.11. The van der Waals surface area contributed by atoms with Crippen LogP contribution in [-0.4, -0.2) is 9.67 Å². The van der Waals surface area contributed by atoms with E-state index in [-0.39, 0.29) is 11.3 Å². The molecule has 2 aromatic rings. The van der Waals surface area contributed by atoms with E-state index in [0.717, 1.165) is 11.3 Å². The fourth-order valence-corrected chi connectivity index (χ4v) is 2.56. The Kier molecular flexibility index (Phi) is 3.97. The lowest BCUT2D eigenvalue weighted by atomic mass is 10.1. The zero-order chi connectivity index (χ0) is 13.3. The van der Waals surface area contributed by atoms with Crippen LogP contribution in [0.5, 0.6) is 5.75 Å². The molecule has 0 aliphatic rings. The van der Waals surface area contributed by atoms with Crippen molar-refractivity contribution < 1.29 is 5.11 Å². The summed E-state index contributed by atoms with van der Waals surface area (Å²) in [5.41, 5.74) is 1.47. The molecule has 0 unspecified atom stereocenters. The number of aromatic hydroxyl groups is 1. The SMILES string of the molecule is CCn1c(-c2ccc(O)cc2Cl)ccc(I)c1=O. The summed E-state index contributed by atoms with van der Waals surface area (Å²) in [6, 6.07) is 8.38.